The molecule has 3 aromatic heterocycles. The van der Waals surface area contributed by atoms with Gasteiger partial charge in [0.15, 0.2) is 11.6 Å². The highest BCUT2D eigenvalue weighted by molar-refractivity contribution is 5.97. The van der Waals surface area contributed by atoms with E-state index in [4.69, 9.17) is 19.4 Å². The molecule has 0 amide bonds. The van der Waals surface area contributed by atoms with Crippen LogP contribution in [-0.4, -0.2) is 44.0 Å². The molecule has 0 spiro atoms. The van der Waals surface area contributed by atoms with E-state index in [1.165, 1.54) is 36.5 Å². The summed E-state index contributed by atoms with van der Waals surface area (Å²) >= 11 is 0. The number of anilines is 1. The van der Waals surface area contributed by atoms with Gasteiger partial charge >= 0.3 is 0 Å². The topological polar surface area (TPSA) is 124 Å². The fourth-order valence-electron chi connectivity index (χ4n) is 3.91. The summed E-state index contributed by atoms with van der Waals surface area (Å²) in [5, 5.41) is 19.7. The summed E-state index contributed by atoms with van der Waals surface area (Å²) in [6.45, 7) is 7.73. The van der Waals surface area contributed by atoms with Crippen molar-refractivity contribution in [2.24, 2.45) is 0 Å². The number of nitrogens with one attached hydrogen (secondary N) is 2. The summed E-state index contributed by atoms with van der Waals surface area (Å²) in [6, 6.07) is 1.17. The monoisotopic (exact) mass is 469 g/mol. The lowest BCUT2D eigenvalue weighted by Crippen LogP contribution is -2.24. The molecule has 34 heavy (non-hydrogen) atoms. The Balaban J connectivity index is 1.45. The Bertz CT molecular complexity index is 1170. The van der Waals surface area contributed by atoms with Gasteiger partial charge in [-0.05, 0) is 31.9 Å². The van der Waals surface area contributed by atoms with E-state index in [2.05, 4.69) is 32.1 Å². The zero-order chi connectivity index (χ0) is 24.2. The Morgan fingerprint density at radius 2 is 2.09 bits per heavy atom. The minimum absolute atomic E-state index is 0.0548. The van der Waals surface area contributed by atoms with Gasteiger partial charge in [0.25, 0.3) is 0 Å². The van der Waals surface area contributed by atoms with Crippen LogP contribution in [0.5, 0.6) is 5.88 Å². The number of hydrogen-bond acceptors (Lipinski definition) is 9. The summed E-state index contributed by atoms with van der Waals surface area (Å²) in [5.41, 5.74) is 0.487. The van der Waals surface area contributed by atoms with Crippen LogP contribution in [-0.2, 0) is 4.74 Å². The highest BCUT2D eigenvalue weighted by Gasteiger charge is 2.29. The first-order valence-electron chi connectivity index (χ1n) is 11.2. The van der Waals surface area contributed by atoms with E-state index in [0.29, 0.717) is 17.3 Å². The molecule has 0 radical (unpaired) electrons. The molecule has 3 heterocycles. The van der Waals surface area contributed by atoms with Crippen molar-refractivity contribution in [2.75, 3.05) is 12.4 Å². The van der Waals surface area contributed by atoms with Gasteiger partial charge in [0.1, 0.15) is 17.6 Å². The molecule has 0 unspecified atom stereocenters. The molecular weight excluding hydrogens is 441 g/mol. The minimum Gasteiger partial charge on any atom is -0.481 e. The zero-order valence-corrected chi connectivity index (χ0v) is 19.4. The third kappa shape index (κ3) is 4.78. The van der Waals surface area contributed by atoms with Crippen LogP contribution in [0.4, 0.5) is 10.2 Å². The Morgan fingerprint density at radius 1 is 1.32 bits per heavy atom. The van der Waals surface area contributed by atoms with Gasteiger partial charge in [0.05, 0.1) is 25.1 Å². The molecule has 0 aliphatic heterocycles. The smallest absolute Gasteiger partial charge is 0.229 e. The normalized spacial score (nSPS) is 18.0. The van der Waals surface area contributed by atoms with E-state index in [9.17, 15) is 4.39 Å². The van der Waals surface area contributed by atoms with E-state index < -0.39 is 5.82 Å². The van der Waals surface area contributed by atoms with Crippen molar-refractivity contribution in [1.82, 2.24) is 24.9 Å². The summed E-state index contributed by atoms with van der Waals surface area (Å²) in [6.07, 6.45) is 7.23. The number of ether oxygens (including phenoxy) is 2. The van der Waals surface area contributed by atoms with Crippen LogP contribution in [0.15, 0.2) is 35.8 Å². The second kappa shape index (κ2) is 10.0. The summed E-state index contributed by atoms with van der Waals surface area (Å²) in [4.78, 5) is 8.56. The standard InChI is InChI=1S/C23H28FN7O3/c1-5-26-22-16(11-28-31(22)18-12-27-19(32-4)10-17(18)24)20(25)33-15-8-6-14(7-9-15)23-29-21(13(2)3)30-34-23/h5,10-15,25-26H,1,6-9H2,2-4H3. The van der Waals surface area contributed by atoms with Crippen LogP contribution in [0.25, 0.3) is 5.69 Å². The van der Waals surface area contributed by atoms with Crippen LogP contribution >= 0.6 is 0 Å². The van der Waals surface area contributed by atoms with Crippen molar-refractivity contribution in [3.8, 4) is 11.6 Å². The van der Waals surface area contributed by atoms with Crippen LogP contribution in [0.3, 0.4) is 0 Å². The molecule has 1 saturated carbocycles. The minimum atomic E-state index is -0.568. The molecule has 2 N–H and O–H groups in total. The van der Waals surface area contributed by atoms with Gasteiger partial charge in [-0.15, -0.1) is 0 Å². The average molecular weight is 470 g/mol. The van der Waals surface area contributed by atoms with Crippen molar-refractivity contribution in [3.63, 3.8) is 0 Å². The zero-order valence-electron chi connectivity index (χ0n) is 19.4. The maximum absolute atomic E-state index is 14.6. The highest BCUT2D eigenvalue weighted by atomic mass is 19.1. The molecular formula is C23H28FN7O3. The number of methoxy groups -OCH3 is 1. The van der Waals surface area contributed by atoms with E-state index in [0.717, 1.165) is 31.5 Å². The van der Waals surface area contributed by atoms with Crippen LogP contribution in [0.1, 0.15) is 68.6 Å². The van der Waals surface area contributed by atoms with E-state index in [1.54, 1.807) is 0 Å². The maximum Gasteiger partial charge on any atom is 0.229 e. The predicted molar refractivity (Wildman–Crippen MR) is 123 cm³/mol. The van der Waals surface area contributed by atoms with Gasteiger partial charge in [-0.1, -0.05) is 25.6 Å². The molecule has 0 atom stereocenters. The molecule has 0 saturated heterocycles. The van der Waals surface area contributed by atoms with E-state index >= 15 is 0 Å². The highest BCUT2D eigenvalue weighted by Crippen LogP contribution is 2.34. The third-order valence-corrected chi connectivity index (χ3v) is 5.78. The van der Waals surface area contributed by atoms with Gasteiger partial charge in [0.2, 0.25) is 17.7 Å². The van der Waals surface area contributed by atoms with Crippen molar-refractivity contribution in [3.05, 3.63) is 54.3 Å². The van der Waals surface area contributed by atoms with E-state index in [1.807, 2.05) is 13.8 Å². The second-order valence-electron chi connectivity index (χ2n) is 8.41. The predicted octanol–water partition coefficient (Wildman–Crippen LogP) is 4.55. The molecule has 180 valence electrons. The van der Waals surface area contributed by atoms with Crippen molar-refractivity contribution < 1.29 is 18.4 Å². The molecule has 3 aromatic rings. The van der Waals surface area contributed by atoms with Gasteiger partial charge in [-0.3, -0.25) is 5.41 Å². The number of nitrogens with zero attached hydrogens (tertiary/aromatic N) is 5. The number of hydrogen-bond donors (Lipinski definition) is 2. The fourth-order valence-corrected chi connectivity index (χ4v) is 3.91. The first-order valence-corrected chi connectivity index (χ1v) is 11.2. The van der Waals surface area contributed by atoms with Crippen molar-refractivity contribution in [1.29, 1.82) is 5.41 Å². The van der Waals surface area contributed by atoms with Crippen molar-refractivity contribution >= 4 is 11.7 Å². The Hall–Kier alpha value is -3.76. The van der Waals surface area contributed by atoms with Gasteiger partial charge < -0.3 is 19.3 Å². The molecule has 0 aromatic carbocycles. The molecule has 11 heteroatoms. The molecule has 10 nitrogen and oxygen atoms in total. The number of rotatable bonds is 8. The largest absolute Gasteiger partial charge is 0.481 e. The maximum atomic E-state index is 14.6. The summed E-state index contributed by atoms with van der Waals surface area (Å²) in [5.74, 6) is 1.69. The van der Waals surface area contributed by atoms with Crippen molar-refractivity contribution in [2.45, 2.75) is 57.5 Å². The molecule has 1 aliphatic carbocycles. The Kier molecular flexibility index (Phi) is 6.90. The summed E-state index contributed by atoms with van der Waals surface area (Å²) in [7, 11) is 1.41. The van der Waals surface area contributed by atoms with E-state index in [-0.39, 0.29) is 35.4 Å². The third-order valence-electron chi connectivity index (χ3n) is 5.78. The first-order chi connectivity index (χ1) is 16.4. The lowest BCUT2D eigenvalue weighted by atomic mass is 9.87. The quantitative estimate of drug-likeness (QED) is 0.364. The molecule has 0 bridgehead atoms. The van der Waals surface area contributed by atoms with Gasteiger partial charge in [-0.2, -0.15) is 10.1 Å². The van der Waals surface area contributed by atoms with Gasteiger partial charge in [-0.25, -0.2) is 14.1 Å². The van der Waals surface area contributed by atoms with Crippen LogP contribution in [0, 0.1) is 11.2 Å². The van der Waals surface area contributed by atoms with Crippen LogP contribution in [0.2, 0.25) is 0 Å². The second-order valence-corrected chi connectivity index (χ2v) is 8.41. The number of halogens is 1. The molecule has 1 fully saturated rings. The van der Waals surface area contributed by atoms with Crippen LogP contribution < -0.4 is 10.1 Å². The molecule has 4 rings (SSSR count). The number of pyridine rings is 1. The summed E-state index contributed by atoms with van der Waals surface area (Å²) < 4.78 is 32.3. The average Bonchev–Trinajstić information content (AvgIpc) is 3.48. The fraction of sp³-hybridized carbons (Fsp3) is 0.435. The number of aromatic nitrogens is 5. The lowest BCUT2D eigenvalue weighted by Gasteiger charge is -2.27. The first kappa shape index (κ1) is 23.4. The van der Waals surface area contributed by atoms with Gasteiger partial charge in [0, 0.05) is 17.9 Å². The molecule has 1 aliphatic rings. The lowest BCUT2D eigenvalue weighted by molar-refractivity contribution is 0.127. The Labute approximate surface area is 196 Å². The Morgan fingerprint density at radius 3 is 2.71 bits per heavy atom. The SMILES string of the molecule is C=CNc1c(C(=N)OC2CCC(c3nc(C(C)C)no3)CC2)cnn1-c1cnc(OC)cc1F.